The van der Waals surface area contributed by atoms with E-state index in [4.69, 9.17) is 9.52 Å². The van der Waals surface area contributed by atoms with Crippen molar-refractivity contribution >= 4 is 5.97 Å². The van der Waals surface area contributed by atoms with Gasteiger partial charge in [-0.3, -0.25) is 4.79 Å². The molecule has 2 unspecified atom stereocenters. The fraction of sp³-hybridized carbons (Fsp3) is 0.615. The summed E-state index contributed by atoms with van der Waals surface area (Å²) in [5, 5.41) is 12.0. The summed E-state index contributed by atoms with van der Waals surface area (Å²) in [6, 6.07) is 4.46. The third-order valence-corrected chi connectivity index (χ3v) is 2.76. The summed E-state index contributed by atoms with van der Waals surface area (Å²) in [7, 11) is 0. The topological polar surface area (TPSA) is 62.5 Å². The van der Waals surface area contributed by atoms with Crippen LogP contribution in [0.15, 0.2) is 22.8 Å². The SMILES string of the molecule is CC(CCC(=O)O)NC(C)CCc1ccco1. The second-order valence-corrected chi connectivity index (χ2v) is 4.52. The molecule has 0 amide bonds. The number of aryl methyl sites for hydroxylation is 1. The van der Waals surface area contributed by atoms with E-state index in [1.807, 2.05) is 19.1 Å². The lowest BCUT2D eigenvalue weighted by atomic mass is 10.1. The maximum Gasteiger partial charge on any atom is 0.303 e. The molecule has 0 radical (unpaired) electrons. The summed E-state index contributed by atoms with van der Waals surface area (Å²) in [4.78, 5) is 10.4. The molecule has 0 spiro atoms. The van der Waals surface area contributed by atoms with Gasteiger partial charge in [0.25, 0.3) is 0 Å². The van der Waals surface area contributed by atoms with E-state index in [1.165, 1.54) is 0 Å². The maximum absolute atomic E-state index is 10.4. The predicted molar refractivity (Wildman–Crippen MR) is 66.0 cm³/mol. The average molecular weight is 239 g/mol. The van der Waals surface area contributed by atoms with E-state index in [9.17, 15) is 4.79 Å². The van der Waals surface area contributed by atoms with Crippen LogP contribution in [-0.2, 0) is 11.2 Å². The summed E-state index contributed by atoms with van der Waals surface area (Å²) in [6.07, 6.45) is 4.47. The first-order chi connectivity index (χ1) is 8.08. The van der Waals surface area contributed by atoms with Crippen molar-refractivity contribution in [2.24, 2.45) is 0 Å². The van der Waals surface area contributed by atoms with Crippen molar-refractivity contribution in [1.29, 1.82) is 0 Å². The Balaban J connectivity index is 2.15. The molecule has 0 bridgehead atoms. The summed E-state index contributed by atoms with van der Waals surface area (Å²) >= 11 is 0. The van der Waals surface area contributed by atoms with E-state index in [2.05, 4.69) is 12.2 Å². The van der Waals surface area contributed by atoms with Crippen LogP contribution in [0.4, 0.5) is 0 Å². The minimum atomic E-state index is -0.734. The van der Waals surface area contributed by atoms with E-state index < -0.39 is 5.97 Å². The van der Waals surface area contributed by atoms with E-state index in [-0.39, 0.29) is 12.5 Å². The van der Waals surface area contributed by atoms with Gasteiger partial charge in [-0.2, -0.15) is 0 Å². The summed E-state index contributed by atoms with van der Waals surface area (Å²) < 4.78 is 5.26. The van der Waals surface area contributed by atoms with Gasteiger partial charge in [0.15, 0.2) is 0 Å². The van der Waals surface area contributed by atoms with Crippen LogP contribution < -0.4 is 5.32 Å². The van der Waals surface area contributed by atoms with Crippen molar-refractivity contribution in [2.45, 2.75) is 51.6 Å². The Morgan fingerprint density at radius 1 is 1.41 bits per heavy atom. The molecule has 0 aromatic carbocycles. The highest BCUT2D eigenvalue weighted by molar-refractivity contribution is 5.66. The summed E-state index contributed by atoms with van der Waals surface area (Å²) in [5.41, 5.74) is 0. The van der Waals surface area contributed by atoms with E-state index in [0.717, 1.165) is 18.6 Å². The van der Waals surface area contributed by atoms with Crippen molar-refractivity contribution < 1.29 is 14.3 Å². The Morgan fingerprint density at radius 2 is 2.12 bits per heavy atom. The minimum absolute atomic E-state index is 0.221. The molecule has 17 heavy (non-hydrogen) atoms. The number of aliphatic carboxylic acids is 1. The van der Waals surface area contributed by atoms with Crippen molar-refractivity contribution in [3.05, 3.63) is 24.2 Å². The zero-order valence-electron chi connectivity index (χ0n) is 10.5. The lowest BCUT2D eigenvalue weighted by Gasteiger charge is -2.19. The molecule has 0 saturated heterocycles. The number of carbonyl (C=O) groups is 1. The van der Waals surface area contributed by atoms with Crippen molar-refractivity contribution in [1.82, 2.24) is 5.32 Å². The number of nitrogens with one attached hydrogen (secondary N) is 1. The number of hydrogen-bond donors (Lipinski definition) is 2. The van der Waals surface area contributed by atoms with Crippen LogP contribution in [-0.4, -0.2) is 23.2 Å². The first-order valence-corrected chi connectivity index (χ1v) is 6.08. The van der Waals surface area contributed by atoms with Crippen LogP contribution in [0.1, 0.15) is 38.9 Å². The molecule has 1 aromatic rings. The van der Waals surface area contributed by atoms with Gasteiger partial charge in [-0.15, -0.1) is 0 Å². The standard InChI is InChI=1S/C13H21NO3/c1-10(5-7-12-4-3-9-17-12)14-11(2)6-8-13(15)16/h3-4,9-11,14H,5-8H2,1-2H3,(H,15,16). The zero-order valence-corrected chi connectivity index (χ0v) is 10.5. The number of carboxylic acids is 1. The van der Waals surface area contributed by atoms with E-state index in [0.29, 0.717) is 12.5 Å². The normalized spacial score (nSPS) is 14.5. The summed E-state index contributed by atoms with van der Waals surface area (Å²) in [6.45, 7) is 4.13. The van der Waals surface area contributed by atoms with Crippen LogP contribution in [0.2, 0.25) is 0 Å². The van der Waals surface area contributed by atoms with Crippen molar-refractivity contribution in [3.63, 3.8) is 0 Å². The van der Waals surface area contributed by atoms with Gasteiger partial charge >= 0.3 is 5.97 Å². The van der Waals surface area contributed by atoms with Gasteiger partial charge in [-0.25, -0.2) is 0 Å². The monoisotopic (exact) mass is 239 g/mol. The van der Waals surface area contributed by atoms with E-state index in [1.54, 1.807) is 6.26 Å². The van der Waals surface area contributed by atoms with Gasteiger partial charge in [-0.05, 0) is 38.8 Å². The Morgan fingerprint density at radius 3 is 2.71 bits per heavy atom. The first kappa shape index (κ1) is 13.8. The largest absolute Gasteiger partial charge is 0.481 e. The van der Waals surface area contributed by atoms with E-state index >= 15 is 0 Å². The zero-order chi connectivity index (χ0) is 12.7. The predicted octanol–water partition coefficient (Wildman–Crippen LogP) is 2.44. The second-order valence-electron chi connectivity index (χ2n) is 4.52. The van der Waals surface area contributed by atoms with Gasteiger partial charge in [0.1, 0.15) is 5.76 Å². The van der Waals surface area contributed by atoms with Crippen LogP contribution >= 0.6 is 0 Å². The average Bonchev–Trinajstić information content (AvgIpc) is 2.76. The maximum atomic E-state index is 10.4. The lowest BCUT2D eigenvalue weighted by Crippen LogP contribution is -2.35. The summed E-state index contributed by atoms with van der Waals surface area (Å²) in [5.74, 6) is 0.263. The van der Waals surface area contributed by atoms with Crippen LogP contribution in [0, 0.1) is 0 Å². The molecule has 0 fully saturated rings. The van der Waals surface area contributed by atoms with Crippen LogP contribution in [0.5, 0.6) is 0 Å². The number of hydrogen-bond acceptors (Lipinski definition) is 3. The third kappa shape index (κ3) is 6.12. The van der Waals surface area contributed by atoms with Crippen LogP contribution in [0.25, 0.3) is 0 Å². The molecule has 0 aliphatic heterocycles. The van der Waals surface area contributed by atoms with Crippen LogP contribution in [0.3, 0.4) is 0 Å². The minimum Gasteiger partial charge on any atom is -0.481 e. The van der Waals surface area contributed by atoms with Crippen molar-refractivity contribution in [2.75, 3.05) is 0 Å². The first-order valence-electron chi connectivity index (χ1n) is 6.08. The van der Waals surface area contributed by atoms with Gasteiger partial charge in [0, 0.05) is 24.9 Å². The molecule has 1 heterocycles. The molecular weight excluding hydrogens is 218 g/mol. The molecule has 4 heteroatoms. The molecule has 0 aliphatic carbocycles. The number of carboxylic acid groups (broad SMARTS) is 1. The quantitative estimate of drug-likeness (QED) is 0.731. The Labute approximate surface area is 102 Å². The lowest BCUT2D eigenvalue weighted by molar-refractivity contribution is -0.137. The molecule has 2 atom stereocenters. The van der Waals surface area contributed by atoms with Gasteiger partial charge in [-0.1, -0.05) is 0 Å². The Hall–Kier alpha value is -1.29. The molecule has 2 N–H and O–H groups in total. The highest BCUT2D eigenvalue weighted by Gasteiger charge is 2.09. The van der Waals surface area contributed by atoms with Gasteiger partial charge in [0.05, 0.1) is 6.26 Å². The molecule has 1 aromatic heterocycles. The molecule has 0 aliphatic rings. The van der Waals surface area contributed by atoms with Gasteiger partial charge in [0.2, 0.25) is 0 Å². The molecule has 1 rings (SSSR count). The fourth-order valence-electron chi connectivity index (χ4n) is 1.81. The smallest absolute Gasteiger partial charge is 0.303 e. The molecule has 96 valence electrons. The Kier molecular flexibility index (Phi) is 5.77. The fourth-order valence-corrected chi connectivity index (χ4v) is 1.81. The third-order valence-electron chi connectivity index (χ3n) is 2.76. The molecule has 0 saturated carbocycles. The van der Waals surface area contributed by atoms with Gasteiger partial charge < -0.3 is 14.8 Å². The Bertz CT molecular complexity index is 321. The van der Waals surface area contributed by atoms with Crippen molar-refractivity contribution in [3.8, 4) is 0 Å². The number of furan rings is 1. The molecule has 4 nitrogen and oxygen atoms in total. The number of rotatable bonds is 8. The highest BCUT2D eigenvalue weighted by Crippen LogP contribution is 2.07. The molecular formula is C13H21NO3. The highest BCUT2D eigenvalue weighted by atomic mass is 16.4. The second kappa shape index (κ2) is 7.12.